The number of benzene rings is 1. The molecule has 0 bridgehead atoms. The van der Waals surface area contributed by atoms with Crippen LogP contribution in [-0.4, -0.2) is 27.2 Å². The van der Waals surface area contributed by atoms with Gasteiger partial charge in [0.25, 0.3) is 5.91 Å². The summed E-state index contributed by atoms with van der Waals surface area (Å²) in [6.07, 6.45) is 3.00. The minimum absolute atomic E-state index is 0.229. The number of hydrogen-bond donors (Lipinski definition) is 1. The largest absolute Gasteiger partial charge is 0.493 e. The van der Waals surface area contributed by atoms with Crippen LogP contribution in [0.25, 0.3) is 0 Å². The number of nitrogens with zero attached hydrogens (tertiary/aromatic N) is 1. The highest BCUT2D eigenvalue weighted by Gasteiger charge is 2.26. The Kier molecular flexibility index (Phi) is 6.10. The van der Waals surface area contributed by atoms with E-state index < -0.39 is 6.04 Å². The van der Waals surface area contributed by atoms with E-state index in [1.165, 1.54) is 26.2 Å². The Hall–Kier alpha value is -2.72. The summed E-state index contributed by atoms with van der Waals surface area (Å²) in [6.45, 7) is 2.23. The molecule has 6 nitrogen and oxygen atoms in total. The number of nitriles is 1. The number of rotatable bonds is 6. The Labute approximate surface area is 169 Å². The minimum Gasteiger partial charge on any atom is -0.493 e. The molecule has 3 rings (SSSR count). The summed E-state index contributed by atoms with van der Waals surface area (Å²) in [7, 11) is 4.55. The van der Waals surface area contributed by atoms with E-state index in [0.29, 0.717) is 34.3 Å². The normalized spacial score (nSPS) is 16.5. The summed E-state index contributed by atoms with van der Waals surface area (Å²) in [5, 5.41) is 14.4. The minimum atomic E-state index is -0.834. The smallest absolute Gasteiger partial charge is 0.253 e. The van der Waals surface area contributed by atoms with Crippen LogP contribution < -0.4 is 19.5 Å². The number of carbonyl (C=O) groups excluding carboxylic acids is 1. The van der Waals surface area contributed by atoms with Crippen molar-refractivity contribution in [2.45, 2.75) is 32.2 Å². The van der Waals surface area contributed by atoms with Gasteiger partial charge in [0.1, 0.15) is 6.04 Å². The monoisotopic (exact) mass is 400 g/mol. The first-order valence-corrected chi connectivity index (χ1v) is 9.99. The van der Waals surface area contributed by atoms with Gasteiger partial charge in [-0.3, -0.25) is 4.79 Å². The van der Waals surface area contributed by atoms with Gasteiger partial charge in [-0.1, -0.05) is 6.92 Å². The molecule has 148 valence electrons. The Morgan fingerprint density at radius 3 is 2.50 bits per heavy atom. The lowest BCUT2D eigenvalue weighted by Crippen LogP contribution is -2.28. The SMILES string of the molecule is COc1cc(C(C#N)NC(=O)c2csc3c2CCC(C)C3)cc(OC)c1OC. The molecule has 1 aromatic heterocycles. The zero-order chi connectivity index (χ0) is 20.3. The van der Waals surface area contributed by atoms with Crippen LogP contribution in [0.3, 0.4) is 0 Å². The molecule has 1 aliphatic rings. The number of thiophene rings is 1. The average Bonchev–Trinajstić information content (AvgIpc) is 3.13. The zero-order valence-corrected chi connectivity index (χ0v) is 17.3. The summed E-state index contributed by atoms with van der Waals surface area (Å²) in [6, 6.07) is 4.69. The van der Waals surface area contributed by atoms with E-state index in [-0.39, 0.29) is 5.91 Å². The molecule has 1 aromatic carbocycles. The lowest BCUT2D eigenvalue weighted by atomic mass is 9.88. The first-order chi connectivity index (χ1) is 13.5. The molecule has 0 saturated heterocycles. The number of amides is 1. The molecule has 1 amide bonds. The van der Waals surface area contributed by atoms with Crippen LogP contribution in [0, 0.1) is 17.2 Å². The van der Waals surface area contributed by atoms with Crippen LogP contribution in [0.2, 0.25) is 0 Å². The second-order valence-corrected chi connectivity index (χ2v) is 7.86. The number of nitrogens with one attached hydrogen (secondary N) is 1. The van der Waals surface area contributed by atoms with E-state index in [4.69, 9.17) is 14.2 Å². The zero-order valence-electron chi connectivity index (χ0n) is 16.5. The van der Waals surface area contributed by atoms with Crippen LogP contribution >= 0.6 is 11.3 Å². The topological polar surface area (TPSA) is 80.6 Å². The van der Waals surface area contributed by atoms with Gasteiger partial charge in [-0.25, -0.2) is 0 Å². The van der Waals surface area contributed by atoms with Gasteiger partial charge in [-0.2, -0.15) is 5.26 Å². The number of ether oxygens (including phenoxy) is 3. The molecule has 1 N–H and O–H groups in total. The van der Waals surface area contributed by atoms with Crippen LogP contribution in [0.4, 0.5) is 0 Å². The van der Waals surface area contributed by atoms with Gasteiger partial charge in [0.05, 0.1) is 33.0 Å². The van der Waals surface area contributed by atoms with Gasteiger partial charge in [-0.15, -0.1) is 11.3 Å². The maximum atomic E-state index is 12.9. The number of methoxy groups -OCH3 is 3. The molecule has 2 aromatic rings. The van der Waals surface area contributed by atoms with Crippen molar-refractivity contribution in [1.82, 2.24) is 5.32 Å². The van der Waals surface area contributed by atoms with Gasteiger partial charge in [-0.05, 0) is 48.4 Å². The third-order valence-corrected chi connectivity index (χ3v) is 6.12. The number of hydrogen-bond acceptors (Lipinski definition) is 6. The molecule has 0 saturated carbocycles. The molecule has 2 atom stereocenters. The molecule has 1 heterocycles. The molecule has 1 aliphatic carbocycles. The van der Waals surface area contributed by atoms with Gasteiger partial charge in [0.2, 0.25) is 5.75 Å². The van der Waals surface area contributed by atoms with Gasteiger partial charge in [0, 0.05) is 10.3 Å². The fraction of sp³-hybridized carbons (Fsp3) is 0.429. The summed E-state index contributed by atoms with van der Waals surface area (Å²) < 4.78 is 16.0. The lowest BCUT2D eigenvalue weighted by molar-refractivity contribution is 0.0944. The predicted molar refractivity (Wildman–Crippen MR) is 107 cm³/mol. The van der Waals surface area contributed by atoms with Crippen molar-refractivity contribution in [3.63, 3.8) is 0 Å². The van der Waals surface area contributed by atoms with Crippen molar-refractivity contribution < 1.29 is 19.0 Å². The van der Waals surface area contributed by atoms with E-state index in [0.717, 1.165) is 24.8 Å². The molecule has 0 spiro atoms. The molecule has 0 aliphatic heterocycles. The Bertz CT molecular complexity index is 891. The van der Waals surface area contributed by atoms with E-state index in [1.807, 2.05) is 5.38 Å². The lowest BCUT2D eigenvalue weighted by Gasteiger charge is -2.20. The van der Waals surface area contributed by atoms with E-state index in [1.54, 1.807) is 23.5 Å². The Balaban J connectivity index is 1.87. The standard InChI is InChI=1S/C21H24N2O4S/c1-12-5-6-14-15(11-28-19(14)7-12)21(24)23-16(10-22)13-8-17(25-2)20(27-4)18(9-13)26-3/h8-9,11-12,16H,5-7H2,1-4H3,(H,23,24). The van der Waals surface area contributed by atoms with Crippen LogP contribution in [-0.2, 0) is 12.8 Å². The molecule has 0 radical (unpaired) electrons. The summed E-state index contributed by atoms with van der Waals surface area (Å²) in [5.74, 6) is 1.74. The molecule has 2 unspecified atom stereocenters. The van der Waals surface area contributed by atoms with E-state index >= 15 is 0 Å². The summed E-state index contributed by atoms with van der Waals surface area (Å²) in [5.41, 5.74) is 2.38. The van der Waals surface area contributed by atoms with Crippen LogP contribution in [0.1, 0.15) is 45.7 Å². The highest BCUT2D eigenvalue weighted by Crippen LogP contribution is 2.40. The van der Waals surface area contributed by atoms with Gasteiger partial charge < -0.3 is 19.5 Å². The fourth-order valence-electron chi connectivity index (χ4n) is 3.53. The van der Waals surface area contributed by atoms with Crippen molar-refractivity contribution in [3.8, 4) is 23.3 Å². The van der Waals surface area contributed by atoms with E-state index in [9.17, 15) is 10.1 Å². The van der Waals surface area contributed by atoms with Gasteiger partial charge in [0.15, 0.2) is 11.5 Å². The van der Waals surface area contributed by atoms with Crippen molar-refractivity contribution in [1.29, 1.82) is 5.26 Å². The molecular formula is C21H24N2O4S. The number of carbonyl (C=O) groups is 1. The van der Waals surface area contributed by atoms with Crippen molar-refractivity contribution >= 4 is 17.2 Å². The summed E-state index contributed by atoms with van der Waals surface area (Å²) >= 11 is 1.63. The van der Waals surface area contributed by atoms with Crippen LogP contribution in [0.5, 0.6) is 17.2 Å². The average molecular weight is 401 g/mol. The Morgan fingerprint density at radius 2 is 1.93 bits per heavy atom. The van der Waals surface area contributed by atoms with Crippen molar-refractivity contribution in [2.75, 3.05) is 21.3 Å². The van der Waals surface area contributed by atoms with Crippen LogP contribution in [0.15, 0.2) is 17.5 Å². The van der Waals surface area contributed by atoms with Crippen molar-refractivity contribution in [3.05, 3.63) is 39.1 Å². The molecule has 28 heavy (non-hydrogen) atoms. The maximum Gasteiger partial charge on any atom is 0.253 e. The Morgan fingerprint density at radius 1 is 1.25 bits per heavy atom. The highest BCUT2D eigenvalue weighted by atomic mass is 32.1. The highest BCUT2D eigenvalue weighted by molar-refractivity contribution is 7.10. The maximum absolute atomic E-state index is 12.9. The van der Waals surface area contributed by atoms with Crippen molar-refractivity contribution in [2.24, 2.45) is 5.92 Å². The number of fused-ring (bicyclic) bond motifs is 1. The van der Waals surface area contributed by atoms with E-state index in [2.05, 4.69) is 18.3 Å². The quantitative estimate of drug-likeness (QED) is 0.796. The third kappa shape index (κ3) is 3.78. The molecular weight excluding hydrogens is 376 g/mol. The second-order valence-electron chi connectivity index (χ2n) is 6.89. The third-order valence-electron chi connectivity index (χ3n) is 5.07. The molecule has 0 fully saturated rings. The second kappa shape index (κ2) is 8.53. The first kappa shape index (κ1) is 20.0. The summed E-state index contributed by atoms with van der Waals surface area (Å²) in [4.78, 5) is 14.2. The molecule has 7 heteroatoms. The predicted octanol–water partition coefficient (Wildman–Crippen LogP) is 3.89. The van der Waals surface area contributed by atoms with Gasteiger partial charge >= 0.3 is 0 Å². The first-order valence-electron chi connectivity index (χ1n) is 9.12. The fourth-order valence-corrected chi connectivity index (χ4v) is 4.78.